The van der Waals surface area contributed by atoms with E-state index in [2.05, 4.69) is 60.3 Å². The summed E-state index contributed by atoms with van der Waals surface area (Å²) in [5.74, 6) is 0. The monoisotopic (exact) mass is 256 g/mol. The quantitative estimate of drug-likeness (QED) is 0.780. The highest BCUT2D eigenvalue weighted by Gasteiger charge is 2.29. The van der Waals surface area contributed by atoms with E-state index in [9.17, 15) is 0 Å². The Hall–Kier alpha value is -1.44. The molecule has 1 saturated carbocycles. The molecule has 2 nitrogen and oxygen atoms in total. The molecule has 1 aliphatic carbocycles. The molecule has 0 radical (unpaired) electrons. The van der Waals surface area contributed by atoms with E-state index in [0.29, 0.717) is 6.17 Å². The Morgan fingerprint density at radius 2 is 1.74 bits per heavy atom. The predicted molar refractivity (Wildman–Crippen MR) is 81.0 cm³/mol. The first-order valence-corrected chi connectivity index (χ1v) is 7.57. The van der Waals surface area contributed by atoms with Gasteiger partial charge in [-0.25, -0.2) is 0 Å². The maximum atomic E-state index is 2.56. The van der Waals surface area contributed by atoms with Gasteiger partial charge in [0.25, 0.3) is 0 Å². The topological polar surface area (TPSA) is 6.48 Å². The number of rotatable bonds is 2. The number of para-hydroxylation sites is 1. The van der Waals surface area contributed by atoms with E-state index in [4.69, 9.17) is 0 Å². The molecule has 1 fully saturated rings. The van der Waals surface area contributed by atoms with Gasteiger partial charge in [-0.3, -0.25) is 0 Å². The Kier molecular flexibility index (Phi) is 3.50. The van der Waals surface area contributed by atoms with Gasteiger partial charge in [0.2, 0.25) is 0 Å². The molecule has 19 heavy (non-hydrogen) atoms. The third kappa shape index (κ3) is 2.36. The van der Waals surface area contributed by atoms with Crippen molar-refractivity contribution in [2.24, 2.45) is 0 Å². The molecule has 1 aromatic rings. The van der Waals surface area contributed by atoms with Gasteiger partial charge in [0.1, 0.15) is 6.17 Å². The van der Waals surface area contributed by atoms with Crippen molar-refractivity contribution >= 4 is 5.69 Å². The van der Waals surface area contributed by atoms with E-state index in [1.165, 1.54) is 43.4 Å². The van der Waals surface area contributed by atoms with Crippen molar-refractivity contribution in [1.82, 2.24) is 4.90 Å². The highest BCUT2D eigenvalue weighted by molar-refractivity contribution is 5.57. The number of benzene rings is 1. The summed E-state index contributed by atoms with van der Waals surface area (Å²) in [6.45, 7) is 4.51. The number of hydrogen-bond acceptors (Lipinski definition) is 2. The largest absolute Gasteiger partial charge is 0.353 e. The summed E-state index contributed by atoms with van der Waals surface area (Å²) in [4.78, 5) is 4.97. The smallest absolute Gasteiger partial charge is 0.103 e. The lowest BCUT2D eigenvalue weighted by Crippen LogP contribution is -2.42. The van der Waals surface area contributed by atoms with Gasteiger partial charge in [0, 0.05) is 24.1 Å². The van der Waals surface area contributed by atoms with Gasteiger partial charge in [-0.2, -0.15) is 0 Å². The molecule has 102 valence electrons. The molecule has 1 heterocycles. The van der Waals surface area contributed by atoms with Crippen LogP contribution in [0.25, 0.3) is 0 Å². The molecule has 0 aromatic heterocycles. The van der Waals surface area contributed by atoms with Crippen molar-refractivity contribution in [3.05, 3.63) is 42.2 Å². The normalized spacial score (nSPS) is 24.2. The van der Waals surface area contributed by atoms with Crippen molar-refractivity contribution < 1.29 is 0 Å². The molecule has 0 spiro atoms. The fraction of sp³-hybridized carbons (Fsp3) is 0.529. The summed E-state index contributed by atoms with van der Waals surface area (Å²) in [6, 6.07) is 9.41. The lowest BCUT2D eigenvalue weighted by Gasteiger charge is -2.38. The van der Waals surface area contributed by atoms with E-state index >= 15 is 0 Å². The Bertz CT molecular complexity index is 460. The molecule has 0 unspecified atom stereocenters. The van der Waals surface area contributed by atoms with Crippen molar-refractivity contribution in [3.63, 3.8) is 0 Å². The Labute approximate surface area is 116 Å². The lowest BCUT2D eigenvalue weighted by atomic mass is 9.94. The lowest BCUT2D eigenvalue weighted by molar-refractivity contribution is 0.187. The first-order valence-electron chi connectivity index (χ1n) is 7.57. The van der Waals surface area contributed by atoms with Crippen LogP contribution in [0.3, 0.4) is 0 Å². The summed E-state index contributed by atoms with van der Waals surface area (Å²) < 4.78 is 0. The SMILES string of the molecule is Cc1ccccc1N1C=CN(C2CCCCC2)[C@H]1C. The van der Waals surface area contributed by atoms with E-state index in [1.807, 2.05) is 0 Å². The van der Waals surface area contributed by atoms with Gasteiger partial charge in [-0.05, 0) is 38.3 Å². The van der Waals surface area contributed by atoms with Crippen LogP contribution < -0.4 is 4.90 Å². The van der Waals surface area contributed by atoms with Gasteiger partial charge in [-0.15, -0.1) is 0 Å². The van der Waals surface area contributed by atoms with Crippen LogP contribution in [0.4, 0.5) is 5.69 Å². The van der Waals surface area contributed by atoms with Gasteiger partial charge in [0.15, 0.2) is 0 Å². The molecule has 2 aliphatic rings. The molecule has 3 rings (SSSR count). The number of anilines is 1. The number of hydrogen-bond donors (Lipinski definition) is 0. The van der Waals surface area contributed by atoms with Crippen LogP contribution in [-0.2, 0) is 0 Å². The molecule has 0 saturated heterocycles. The van der Waals surface area contributed by atoms with Crippen molar-refractivity contribution in [1.29, 1.82) is 0 Å². The Morgan fingerprint density at radius 3 is 2.47 bits per heavy atom. The average molecular weight is 256 g/mol. The van der Waals surface area contributed by atoms with Gasteiger partial charge in [-0.1, -0.05) is 37.5 Å². The van der Waals surface area contributed by atoms with Crippen molar-refractivity contribution in [3.8, 4) is 0 Å². The minimum absolute atomic E-state index is 0.448. The Balaban J connectivity index is 1.77. The van der Waals surface area contributed by atoms with Crippen LogP contribution in [0.1, 0.15) is 44.6 Å². The van der Waals surface area contributed by atoms with Gasteiger partial charge < -0.3 is 9.80 Å². The highest BCUT2D eigenvalue weighted by atomic mass is 15.4. The zero-order valence-electron chi connectivity index (χ0n) is 12.0. The molecule has 0 bridgehead atoms. The molecule has 1 aliphatic heterocycles. The molecular formula is C17H24N2. The molecular weight excluding hydrogens is 232 g/mol. The second-order valence-electron chi connectivity index (χ2n) is 5.86. The van der Waals surface area contributed by atoms with Crippen LogP contribution in [0.15, 0.2) is 36.7 Å². The zero-order chi connectivity index (χ0) is 13.2. The first kappa shape index (κ1) is 12.6. The van der Waals surface area contributed by atoms with Crippen LogP contribution >= 0.6 is 0 Å². The fourth-order valence-electron chi connectivity index (χ4n) is 3.48. The molecule has 2 heteroatoms. The summed E-state index contributed by atoms with van der Waals surface area (Å²) in [7, 11) is 0. The fourth-order valence-corrected chi connectivity index (χ4v) is 3.48. The molecule has 1 aromatic carbocycles. The first-order chi connectivity index (χ1) is 9.27. The molecule has 0 amide bonds. The van der Waals surface area contributed by atoms with Crippen molar-refractivity contribution in [2.75, 3.05) is 4.90 Å². The van der Waals surface area contributed by atoms with Crippen LogP contribution in [0.5, 0.6) is 0 Å². The van der Waals surface area contributed by atoms with E-state index in [0.717, 1.165) is 6.04 Å². The second kappa shape index (κ2) is 5.28. The maximum absolute atomic E-state index is 2.56. The number of aryl methyl sites for hydroxylation is 1. The summed E-state index contributed by atoms with van der Waals surface area (Å²) in [6.07, 6.45) is 11.9. The number of nitrogens with zero attached hydrogens (tertiary/aromatic N) is 2. The van der Waals surface area contributed by atoms with Crippen LogP contribution in [0, 0.1) is 6.92 Å². The molecule has 0 N–H and O–H groups in total. The average Bonchev–Trinajstić information content (AvgIpc) is 2.82. The van der Waals surface area contributed by atoms with Gasteiger partial charge >= 0.3 is 0 Å². The maximum Gasteiger partial charge on any atom is 0.103 e. The Morgan fingerprint density at radius 1 is 1.00 bits per heavy atom. The minimum Gasteiger partial charge on any atom is -0.353 e. The summed E-state index contributed by atoms with van der Waals surface area (Å²) >= 11 is 0. The molecule has 1 atom stereocenters. The van der Waals surface area contributed by atoms with Crippen LogP contribution in [-0.4, -0.2) is 17.1 Å². The van der Waals surface area contributed by atoms with Crippen molar-refractivity contribution in [2.45, 2.75) is 58.2 Å². The predicted octanol–water partition coefficient (Wildman–Crippen LogP) is 4.27. The third-order valence-electron chi connectivity index (χ3n) is 4.62. The summed E-state index contributed by atoms with van der Waals surface area (Å²) in [5, 5.41) is 0. The third-order valence-corrected chi connectivity index (χ3v) is 4.62. The van der Waals surface area contributed by atoms with Gasteiger partial charge in [0.05, 0.1) is 0 Å². The van der Waals surface area contributed by atoms with E-state index in [-0.39, 0.29) is 0 Å². The minimum atomic E-state index is 0.448. The summed E-state index contributed by atoms with van der Waals surface area (Å²) in [5.41, 5.74) is 2.69. The van der Waals surface area contributed by atoms with E-state index in [1.54, 1.807) is 0 Å². The standard InChI is InChI=1S/C17H24N2/c1-14-8-6-7-11-17(14)19-13-12-18(15(19)2)16-9-4-3-5-10-16/h6-8,11-13,15-16H,3-5,9-10H2,1-2H3/t15-/m1/s1. The zero-order valence-corrected chi connectivity index (χ0v) is 12.0. The highest BCUT2D eigenvalue weighted by Crippen LogP contribution is 2.32. The van der Waals surface area contributed by atoms with E-state index < -0.39 is 0 Å². The second-order valence-corrected chi connectivity index (χ2v) is 5.86. The van der Waals surface area contributed by atoms with Crippen LogP contribution in [0.2, 0.25) is 0 Å².